The van der Waals surface area contributed by atoms with Crippen LogP contribution in [0.1, 0.15) is 75.1 Å². The van der Waals surface area contributed by atoms with Crippen LogP contribution in [0.2, 0.25) is 0 Å². The van der Waals surface area contributed by atoms with E-state index in [0.717, 1.165) is 44.1 Å². The van der Waals surface area contributed by atoms with Gasteiger partial charge in [-0.1, -0.05) is 75.5 Å². The first-order valence-electron chi connectivity index (χ1n) is 12.3. The molecule has 1 fully saturated rings. The molecule has 0 aliphatic heterocycles. The van der Waals surface area contributed by atoms with Gasteiger partial charge in [-0.25, -0.2) is 0 Å². The van der Waals surface area contributed by atoms with E-state index in [1.165, 1.54) is 38.5 Å². The number of nitrogens with one attached hydrogen (secondary N) is 1. The highest BCUT2D eigenvalue weighted by Crippen LogP contribution is 2.41. The van der Waals surface area contributed by atoms with E-state index < -0.39 is 0 Å². The highest BCUT2D eigenvalue weighted by Gasteiger charge is 2.31. The molecule has 0 spiro atoms. The monoisotopic (exact) mass is 421 g/mol. The Labute approximate surface area is 188 Å². The Balaban J connectivity index is 1.40. The maximum absolute atomic E-state index is 12.5. The zero-order valence-corrected chi connectivity index (χ0v) is 19.1. The SMILES string of the molecule is CCCCCCOc1ccc(C(=O)NCC[C@@H]2CCC[C@@H]2C2/C=C/C=C\C=C/C2)cc1. The third kappa shape index (κ3) is 7.72. The number of amides is 1. The highest BCUT2D eigenvalue weighted by molar-refractivity contribution is 5.94. The molecule has 1 aromatic rings. The molecular formula is C28H39NO2. The van der Waals surface area contributed by atoms with Gasteiger partial charge in [-0.2, -0.15) is 0 Å². The predicted octanol–water partition coefficient (Wildman–Crippen LogP) is 6.87. The van der Waals surface area contributed by atoms with Gasteiger partial charge in [-0.15, -0.1) is 0 Å². The molecule has 0 bridgehead atoms. The van der Waals surface area contributed by atoms with Crippen LogP contribution in [0.15, 0.2) is 60.7 Å². The summed E-state index contributed by atoms with van der Waals surface area (Å²) in [7, 11) is 0. The Morgan fingerprint density at radius 3 is 2.71 bits per heavy atom. The average molecular weight is 422 g/mol. The number of hydrogen-bond donors (Lipinski definition) is 1. The summed E-state index contributed by atoms with van der Waals surface area (Å²) in [5.74, 6) is 2.92. The van der Waals surface area contributed by atoms with Gasteiger partial charge in [-0.05, 0) is 67.7 Å². The summed E-state index contributed by atoms with van der Waals surface area (Å²) in [4.78, 5) is 12.5. The van der Waals surface area contributed by atoms with Crippen LogP contribution in [0, 0.1) is 17.8 Å². The summed E-state index contributed by atoms with van der Waals surface area (Å²) in [5.41, 5.74) is 0.709. The molecule has 1 aromatic carbocycles. The smallest absolute Gasteiger partial charge is 0.251 e. The quantitative estimate of drug-likeness (QED) is 0.396. The van der Waals surface area contributed by atoms with E-state index in [4.69, 9.17) is 4.74 Å². The predicted molar refractivity (Wildman–Crippen MR) is 129 cm³/mol. The van der Waals surface area contributed by atoms with Gasteiger partial charge in [0.1, 0.15) is 5.75 Å². The van der Waals surface area contributed by atoms with Crippen LogP contribution in [0.25, 0.3) is 0 Å². The Hall–Kier alpha value is -2.29. The van der Waals surface area contributed by atoms with Crippen LogP contribution >= 0.6 is 0 Å². The third-order valence-corrected chi connectivity index (χ3v) is 6.69. The topological polar surface area (TPSA) is 38.3 Å². The molecule has 2 aliphatic carbocycles. The van der Waals surface area contributed by atoms with Crippen molar-refractivity contribution >= 4 is 5.91 Å². The number of allylic oxidation sites excluding steroid dienone is 6. The van der Waals surface area contributed by atoms with E-state index >= 15 is 0 Å². The number of benzene rings is 1. The first-order valence-corrected chi connectivity index (χ1v) is 12.3. The summed E-state index contributed by atoms with van der Waals surface area (Å²) in [5, 5.41) is 3.13. The van der Waals surface area contributed by atoms with Crippen LogP contribution in [-0.4, -0.2) is 19.1 Å². The summed E-state index contributed by atoms with van der Waals surface area (Å²) < 4.78 is 5.78. The van der Waals surface area contributed by atoms with Crippen molar-refractivity contribution in [1.82, 2.24) is 5.32 Å². The maximum atomic E-state index is 12.5. The van der Waals surface area contributed by atoms with Crippen molar-refractivity contribution in [2.45, 2.75) is 64.7 Å². The second-order valence-electron chi connectivity index (χ2n) is 8.93. The molecule has 3 rings (SSSR count). The fraction of sp³-hybridized carbons (Fsp3) is 0.536. The second-order valence-corrected chi connectivity index (χ2v) is 8.93. The minimum atomic E-state index is 0.0166. The van der Waals surface area contributed by atoms with Crippen LogP contribution in [0.5, 0.6) is 5.75 Å². The van der Waals surface area contributed by atoms with Gasteiger partial charge in [0.15, 0.2) is 0 Å². The van der Waals surface area contributed by atoms with E-state index in [2.05, 4.69) is 48.7 Å². The third-order valence-electron chi connectivity index (χ3n) is 6.69. The van der Waals surface area contributed by atoms with Gasteiger partial charge in [0, 0.05) is 12.1 Å². The minimum absolute atomic E-state index is 0.0166. The molecule has 0 saturated heterocycles. The lowest BCUT2D eigenvalue weighted by molar-refractivity contribution is 0.0949. The van der Waals surface area contributed by atoms with Gasteiger partial charge >= 0.3 is 0 Å². The number of ether oxygens (including phenoxy) is 1. The highest BCUT2D eigenvalue weighted by atomic mass is 16.5. The fourth-order valence-electron chi connectivity index (χ4n) is 4.93. The van der Waals surface area contributed by atoms with Crippen molar-refractivity contribution in [3.8, 4) is 5.75 Å². The summed E-state index contributed by atoms with van der Waals surface area (Å²) in [6.45, 7) is 3.71. The van der Waals surface area contributed by atoms with Gasteiger partial charge in [0.25, 0.3) is 5.91 Å². The minimum Gasteiger partial charge on any atom is -0.494 e. The van der Waals surface area contributed by atoms with Crippen molar-refractivity contribution in [2.75, 3.05) is 13.2 Å². The molecule has 31 heavy (non-hydrogen) atoms. The van der Waals surface area contributed by atoms with Crippen LogP contribution in [0.3, 0.4) is 0 Å². The number of rotatable bonds is 11. The van der Waals surface area contributed by atoms with Crippen molar-refractivity contribution in [2.24, 2.45) is 17.8 Å². The van der Waals surface area contributed by atoms with Gasteiger partial charge in [0.2, 0.25) is 0 Å². The Bertz CT molecular complexity index is 747. The van der Waals surface area contributed by atoms with Crippen LogP contribution in [-0.2, 0) is 0 Å². The zero-order chi connectivity index (χ0) is 21.7. The standard InChI is InChI=1S/C28H39NO2/c1-2-3-4-10-22-31-26-18-16-25(17-19-26)28(30)29-21-20-24-14-11-15-27(24)23-12-8-6-5-7-9-13-23/h5-9,12,16-19,23-24,27H,2-4,10-11,13-15,20-22H2,1H3,(H,29,30)/b6-5-,9-7-,12-8+/t23?,24-,27+/m0/s1. The molecule has 3 heteroatoms. The Morgan fingerprint density at radius 1 is 1.03 bits per heavy atom. The van der Waals surface area contributed by atoms with Crippen molar-refractivity contribution < 1.29 is 9.53 Å². The first kappa shape index (κ1) is 23.4. The Kier molecular flexibility index (Phi) is 9.95. The lowest BCUT2D eigenvalue weighted by Crippen LogP contribution is -2.27. The molecular weight excluding hydrogens is 382 g/mol. The summed E-state index contributed by atoms with van der Waals surface area (Å²) in [6, 6.07) is 7.55. The molecule has 3 nitrogen and oxygen atoms in total. The van der Waals surface area contributed by atoms with Crippen molar-refractivity contribution in [3.05, 3.63) is 66.3 Å². The van der Waals surface area contributed by atoms with E-state index in [-0.39, 0.29) is 5.91 Å². The van der Waals surface area contributed by atoms with Crippen LogP contribution in [0.4, 0.5) is 0 Å². The van der Waals surface area contributed by atoms with Gasteiger partial charge < -0.3 is 10.1 Å². The van der Waals surface area contributed by atoms with Crippen molar-refractivity contribution in [3.63, 3.8) is 0 Å². The first-order chi connectivity index (χ1) is 15.3. The van der Waals surface area contributed by atoms with E-state index in [9.17, 15) is 4.79 Å². The number of carbonyl (C=O) groups is 1. The summed E-state index contributed by atoms with van der Waals surface area (Å²) in [6.07, 6.45) is 24.1. The molecule has 3 atom stereocenters. The van der Waals surface area contributed by atoms with Gasteiger partial charge in [0.05, 0.1) is 6.61 Å². The molecule has 1 N–H and O–H groups in total. The molecule has 1 amide bonds. The van der Waals surface area contributed by atoms with Crippen molar-refractivity contribution in [1.29, 1.82) is 0 Å². The van der Waals surface area contributed by atoms with E-state index in [1.807, 2.05) is 24.3 Å². The maximum Gasteiger partial charge on any atom is 0.251 e. The molecule has 0 radical (unpaired) electrons. The molecule has 1 saturated carbocycles. The molecule has 168 valence electrons. The van der Waals surface area contributed by atoms with Gasteiger partial charge in [-0.3, -0.25) is 4.79 Å². The normalized spacial score (nSPS) is 25.9. The average Bonchev–Trinajstić information content (AvgIpc) is 3.22. The van der Waals surface area contributed by atoms with E-state index in [1.54, 1.807) is 0 Å². The molecule has 1 unspecified atom stereocenters. The lowest BCUT2D eigenvalue weighted by Gasteiger charge is -2.26. The van der Waals surface area contributed by atoms with Crippen LogP contribution < -0.4 is 10.1 Å². The number of carbonyl (C=O) groups excluding carboxylic acids is 1. The lowest BCUT2D eigenvalue weighted by atomic mass is 9.80. The Morgan fingerprint density at radius 2 is 1.87 bits per heavy atom. The number of unbranched alkanes of at least 4 members (excludes halogenated alkanes) is 3. The second kappa shape index (κ2) is 13.2. The fourth-order valence-corrected chi connectivity index (χ4v) is 4.93. The molecule has 0 aromatic heterocycles. The molecule has 2 aliphatic rings. The number of hydrogen-bond acceptors (Lipinski definition) is 2. The largest absolute Gasteiger partial charge is 0.494 e. The van der Waals surface area contributed by atoms with E-state index in [0.29, 0.717) is 17.4 Å². The zero-order valence-electron chi connectivity index (χ0n) is 19.1. The summed E-state index contributed by atoms with van der Waals surface area (Å²) >= 11 is 0. The molecule has 0 heterocycles.